The van der Waals surface area contributed by atoms with Crippen LogP contribution in [0, 0.1) is 11.6 Å². The summed E-state index contributed by atoms with van der Waals surface area (Å²) in [5.41, 5.74) is -0.194. The highest BCUT2D eigenvalue weighted by Gasteiger charge is 2.12. The van der Waals surface area contributed by atoms with E-state index in [1.165, 1.54) is 12.3 Å². The third kappa shape index (κ3) is 3.20. The summed E-state index contributed by atoms with van der Waals surface area (Å²) < 4.78 is 31.4. The Morgan fingerprint density at radius 2 is 2.11 bits per heavy atom. The van der Waals surface area contributed by atoms with Gasteiger partial charge >= 0.3 is 0 Å². The molecular weight excluding hydrogens is 276 g/mol. The largest absolute Gasteiger partial charge is 0.465 e. The molecule has 1 N–H and O–H groups in total. The van der Waals surface area contributed by atoms with Crippen LogP contribution in [0.25, 0.3) is 6.08 Å². The van der Waals surface area contributed by atoms with Crippen LogP contribution in [0.3, 0.4) is 0 Å². The molecule has 0 fully saturated rings. The number of nitrogens with one attached hydrogen (secondary N) is 1. The summed E-state index contributed by atoms with van der Waals surface area (Å²) in [6.45, 7) is 0. The average molecular weight is 284 g/mol. The van der Waals surface area contributed by atoms with E-state index in [1.54, 1.807) is 12.1 Å². The summed E-state index contributed by atoms with van der Waals surface area (Å²) in [5, 5.41) is 1.59. The molecule has 1 heterocycles. The SMILES string of the molecule is O=C(/C=C/c1ccco1)Nc1ccc(F)c(Cl)c1F. The molecule has 0 spiro atoms. The molecule has 1 amide bonds. The first-order valence-electron chi connectivity index (χ1n) is 5.24. The van der Waals surface area contributed by atoms with Crippen molar-refractivity contribution < 1.29 is 18.0 Å². The number of hydrogen-bond acceptors (Lipinski definition) is 2. The van der Waals surface area contributed by atoms with Gasteiger partial charge in [0.25, 0.3) is 0 Å². The van der Waals surface area contributed by atoms with Gasteiger partial charge in [-0.1, -0.05) is 11.6 Å². The van der Waals surface area contributed by atoms with E-state index >= 15 is 0 Å². The van der Waals surface area contributed by atoms with E-state index in [9.17, 15) is 13.6 Å². The minimum absolute atomic E-state index is 0.194. The number of amides is 1. The first-order valence-corrected chi connectivity index (χ1v) is 5.62. The van der Waals surface area contributed by atoms with Crippen LogP contribution in [-0.2, 0) is 4.79 Å². The summed E-state index contributed by atoms with van der Waals surface area (Å²) in [5.74, 6) is -2.00. The maximum Gasteiger partial charge on any atom is 0.248 e. The van der Waals surface area contributed by atoms with Crippen molar-refractivity contribution >= 4 is 29.3 Å². The quantitative estimate of drug-likeness (QED) is 0.686. The lowest BCUT2D eigenvalue weighted by Gasteiger charge is -2.05. The number of hydrogen-bond donors (Lipinski definition) is 1. The Morgan fingerprint density at radius 3 is 2.79 bits per heavy atom. The molecule has 3 nitrogen and oxygen atoms in total. The summed E-state index contributed by atoms with van der Waals surface area (Å²) in [6, 6.07) is 5.38. The minimum atomic E-state index is -1.01. The van der Waals surface area contributed by atoms with Crippen molar-refractivity contribution in [2.75, 3.05) is 5.32 Å². The van der Waals surface area contributed by atoms with Gasteiger partial charge in [-0.15, -0.1) is 0 Å². The standard InChI is InChI=1S/C13H8ClF2NO2/c14-12-9(15)4-5-10(13(12)16)17-11(18)6-3-8-2-1-7-19-8/h1-7H,(H,17,18)/b6-3+. The Morgan fingerprint density at radius 1 is 1.32 bits per heavy atom. The Balaban J connectivity index is 2.09. The summed E-state index contributed by atoms with van der Waals surface area (Å²) in [4.78, 5) is 11.5. The van der Waals surface area contributed by atoms with Gasteiger partial charge in [-0.3, -0.25) is 4.79 Å². The molecule has 2 aromatic rings. The zero-order chi connectivity index (χ0) is 13.8. The first kappa shape index (κ1) is 13.3. The second kappa shape index (κ2) is 5.67. The highest BCUT2D eigenvalue weighted by Crippen LogP contribution is 2.25. The second-order valence-electron chi connectivity index (χ2n) is 3.56. The number of benzene rings is 1. The third-order valence-corrected chi connectivity index (χ3v) is 2.58. The molecule has 1 aromatic heterocycles. The molecule has 0 saturated carbocycles. The van der Waals surface area contributed by atoms with Gasteiger partial charge in [-0.05, 0) is 30.3 Å². The molecule has 0 aliphatic rings. The summed E-state index contributed by atoms with van der Waals surface area (Å²) >= 11 is 5.39. The van der Waals surface area contributed by atoms with Crippen molar-refractivity contribution in [3.8, 4) is 0 Å². The van der Waals surface area contributed by atoms with Gasteiger partial charge in [0.05, 0.1) is 12.0 Å². The predicted octanol–water partition coefficient (Wildman–Crippen LogP) is 3.86. The number of furan rings is 1. The van der Waals surface area contributed by atoms with E-state index < -0.39 is 22.6 Å². The molecule has 19 heavy (non-hydrogen) atoms. The van der Waals surface area contributed by atoms with Crippen molar-refractivity contribution in [2.45, 2.75) is 0 Å². The molecule has 1 aromatic carbocycles. The smallest absolute Gasteiger partial charge is 0.248 e. The van der Waals surface area contributed by atoms with Crippen LogP contribution in [0.15, 0.2) is 41.0 Å². The first-order chi connectivity index (χ1) is 9.08. The van der Waals surface area contributed by atoms with Crippen LogP contribution in [-0.4, -0.2) is 5.91 Å². The Hall–Kier alpha value is -2.14. The van der Waals surface area contributed by atoms with Gasteiger partial charge in [0.1, 0.15) is 16.6 Å². The van der Waals surface area contributed by atoms with Crippen LogP contribution in [0.5, 0.6) is 0 Å². The zero-order valence-corrected chi connectivity index (χ0v) is 10.2. The van der Waals surface area contributed by atoms with Gasteiger partial charge in [0, 0.05) is 6.08 Å². The molecule has 0 bridgehead atoms. The Bertz CT molecular complexity index is 624. The van der Waals surface area contributed by atoms with Crippen molar-refractivity contribution in [1.82, 2.24) is 0 Å². The predicted molar refractivity (Wildman–Crippen MR) is 67.7 cm³/mol. The van der Waals surface area contributed by atoms with Crippen LogP contribution >= 0.6 is 11.6 Å². The van der Waals surface area contributed by atoms with Gasteiger partial charge in [0.15, 0.2) is 5.82 Å². The molecule has 2 rings (SSSR count). The lowest BCUT2D eigenvalue weighted by atomic mass is 10.3. The number of anilines is 1. The number of carbonyl (C=O) groups excluding carboxylic acids is 1. The molecule has 0 aliphatic carbocycles. The molecule has 0 aliphatic heterocycles. The zero-order valence-electron chi connectivity index (χ0n) is 9.49. The molecule has 0 saturated heterocycles. The van der Waals surface area contributed by atoms with E-state index in [1.807, 2.05) is 0 Å². The number of rotatable bonds is 3. The van der Waals surface area contributed by atoms with Gasteiger partial charge in [0.2, 0.25) is 5.91 Å². The highest BCUT2D eigenvalue weighted by molar-refractivity contribution is 6.31. The fourth-order valence-corrected chi connectivity index (χ4v) is 1.51. The molecular formula is C13H8ClF2NO2. The summed E-state index contributed by atoms with van der Waals surface area (Å²) in [7, 11) is 0. The third-order valence-electron chi connectivity index (χ3n) is 2.24. The lowest BCUT2D eigenvalue weighted by Crippen LogP contribution is -2.09. The van der Waals surface area contributed by atoms with Crippen molar-refractivity contribution in [1.29, 1.82) is 0 Å². The number of carbonyl (C=O) groups is 1. The maximum absolute atomic E-state index is 13.5. The maximum atomic E-state index is 13.5. The highest BCUT2D eigenvalue weighted by atomic mass is 35.5. The fourth-order valence-electron chi connectivity index (χ4n) is 1.34. The van der Waals surface area contributed by atoms with Crippen LogP contribution in [0.2, 0.25) is 5.02 Å². The molecule has 6 heteroatoms. The van der Waals surface area contributed by atoms with Gasteiger partial charge < -0.3 is 9.73 Å². The normalized spacial score (nSPS) is 10.9. The van der Waals surface area contributed by atoms with Gasteiger partial charge in [-0.25, -0.2) is 8.78 Å². The van der Waals surface area contributed by atoms with Crippen LogP contribution < -0.4 is 5.32 Å². The van der Waals surface area contributed by atoms with Crippen molar-refractivity contribution in [3.63, 3.8) is 0 Å². The minimum Gasteiger partial charge on any atom is -0.465 e. The van der Waals surface area contributed by atoms with E-state index in [-0.39, 0.29) is 5.69 Å². The van der Waals surface area contributed by atoms with E-state index in [2.05, 4.69) is 5.32 Å². The van der Waals surface area contributed by atoms with E-state index in [0.717, 1.165) is 18.2 Å². The molecule has 0 radical (unpaired) electrons. The second-order valence-corrected chi connectivity index (χ2v) is 3.94. The Kier molecular flexibility index (Phi) is 3.97. The molecule has 98 valence electrons. The monoisotopic (exact) mass is 283 g/mol. The van der Waals surface area contributed by atoms with Crippen molar-refractivity contribution in [2.24, 2.45) is 0 Å². The van der Waals surface area contributed by atoms with E-state index in [4.69, 9.17) is 16.0 Å². The van der Waals surface area contributed by atoms with Crippen LogP contribution in [0.4, 0.5) is 14.5 Å². The Labute approximate surface area is 112 Å². The number of halogens is 3. The molecule has 0 unspecified atom stereocenters. The average Bonchev–Trinajstić information content (AvgIpc) is 2.90. The summed E-state index contributed by atoms with van der Waals surface area (Å²) in [6.07, 6.45) is 4.03. The lowest BCUT2D eigenvalue weighted by molar-refractivity contribution is -0.111. The van der Waals surface area contributed by atoms with Crippen LogP contribution in [0.1, 0.15) is 5.76 Å². The molecule has 0 atom stereocenters. The fraction of sp³-hybridized carbons (Fsp3) is 0. The van der Waals surface area contributed by atoms with E-state index in [0.29, 0.717) is 5.76 Å². The van der Waals surface area contributed by atoms with Gasteiger partial charge in [-0.2, -0.15) is 0 Å². The van der Waals surface area contributed by atoms with Crippen molar-refractivity contribution in [3.05, 3.63) is 59.0 Å². The topological polar surface area (TPSA) is 42.2 Å².